The van der Waals surface area contributed by atoms with Crippen molar-refractivity contribution < 1.29 is 17.9 Å². The van der Waals surface area contributed by atoms with Gasteiger partial charge in [-0.25, -0.2) is 0 Å². The highest BCUT2D eigenvalue weighted by Crippen LogP contribution is 2.33. The highest BCUT2D eigenvalue weighted by atomic mass is 32.2. The van der Waals surface area contributed by atoms with Crippen LogP contribution in [0.4, 0.5) is 11.4 Å². The van der Waals surface area contributed by atoms with Crippen molar-refractivity contribution in [3.8, 4) is 5.75 Å². The summed E-state index contributed by atoms with van der Waals surface area (Å²) in [5.41, 5.74) is 1.72. The summed E-state index contributed by atoms with van der Waals surface area (Å²) >= 11 is 0. The zero-order valence-electron chi connectivity index (χ0n) is 13.0. The van der Waals surface area contributed by atoms with Crippen LogP contribution in [0.3, 0.4) is 0 Å². The van der Waals surface area contributed by atoms with E-state index in [4.69, 9.17) is 4.74 Å². The van der Waals surface area contributed by atoms with Crippen LogP contribution in [0.2, 0.25) is 0 Å². The van der Waals surface area contributed by atoms with Crippen LogP contribution >= 0.6 is 0 Å². The quantitative estimate of drug-likeness (QED) is 0.858. The number of ether oxygens (including phenoxy) is 1. The number of nitrogens with zero attached hydrogens (tertiary/aromatic N) is 1. The fraction of sp³-hybridized carbons (Fsp3) is 0.188. The number of anilines is 2. The van der Waals surface area contributed by atoms with Gasteiger partial charge in [0, 0.05) is 13.6 Å². The maximum absolute atomic E-state index is 12.2. The molecular weight excluding hydrogens is 330 g/mol. The van der Waals surface area contributed by atoms with E-state index in [1.54, 1.807) is 25.2 Å². The molecule has 2 N–H and O–H groups in total. The Morgan fingerprint density at radius 1 is 1.17 bits per heavy atom. The first-order valence-electron chi connectivity index (χ1n) is 7.29. The number of hydrogen-bond donors (Lipinski definition) is 2. The van der Waals surface area contributed by atoms with Gasteiger partial charge in [-0.1, -0.05) is 30.3 Å². The van der Waals surface area contributed by atoms with E-state index in [-0.39, 0.29) is 19.1 Å². The zero-order chi connectivity index (χ0) is 17.2. The van der Waals surface area contributed by atoms with Gasteiger partial charge in [-0.05, 0) is 23.8 Å². The zero-order valence-corrected chi connectivity index (χ0v) is 13.8. The van der Waals surface area contributed by atoms with Gasteiger partial charge in [0.25, 0.3) is 16.1 Å². The number of benzene rings is 2. The lowest BCUT2D eigenvalue weighted by Gasteiger charge is -2.26. The lowest BCUT2D eigenvalue weighted by atomic mass is 10.2. The number of carbonyl (C=O) groups is 1. The molecule has 126 valence electrons. The molecule has 0 saturated heterocycles. The van der Waals surface area contributed by atoms with E-state index in [2.05, 4.69) is 9.44 Å². The van der Waals surface area contributed by atoms with Gasteiger partial charge in [0.1, 0.15) is 5.75 Å². The number of fused-ring (bicyclic) bond motifs is 1. The molecular formula is C16H17N3O4S. The summed E-state index contributed by atoms with van der Waals surface area (Å²) in [5, 5.41) is 0. The van der Waals surface area contributed by atoms with Crippen LogP contribution in [0.25, 0.3) is 0 Å². The van der Waals surface area contributed by atoms with Gasteiger partial charge < -0.3 is 9.64 Å². The molecule has 24 heavy (non-hydrogen) atoms. The standard InChI is InChI=1S/C16H17N3O4S/c1-19-14-9-13(7-8-15(14)23-11-16(19)20)18-24(21,22)17-10-12-5-3-2-4-6-12/h2-9,17-18H,10-11H2,1H3. The molecule has 8 heteroatoms. The van der Waals surface area contributed by atoms with Crippen LogP contribution in [-0.4, -0.2) is 28.0 Å². The topological polar surface area (TPSA) is 87.7 Å². The summed E-state index contributed by atoms with van der Waals surface area (Å²) in [6.45, 7) is 0.163. The van der Waals surface area contributed by atoms with E-state index in [0.717, 1.165) is 5.56 Å². The average Bonchev–Trinajstić information content (AvgIpc) is 2.58. The minimum absolute atomic E-state index is 0.0206. The van der Waals surface area contributed by atoms with Crippen molar-refractivity contribution in [3.63, 3.8) is 0 Å². The van der Waals surface area contributed by atoms with Gasteiger partial charge in [-0.15, -0.1) is 0 Å². The largest absolute Gasteiger partial charge is 0.482 e. The van der Waals surface area contributed by atoms with E-state index < -0.39 is 10.2 Å². The molecule has 1 aliphatic heterocycles. The first-order chi connectivity index (χ1) is 11.4. The van der Waals surface area contributed by atoms with Crippen LogP contribution in [-0.2, 0) is 21.5 Å². The normalized spacial score (nSPS) is 14.0. The fourth-order valence-corrected chi connectivity index (χ4v) is 3.17. The van der Waals surface area contributed by atoms with Crippen LogP contribution in [0.15, 0.2) is 48.5 Å². The molecule has 0 fully saturated rings. The van der Waals surface area contributed by atoms with Crippen molar-refractivity contribution in [2.45, 2.75) is 6.54 Å². The van der Waals surface area contributed by atoms with E-state index in [1.165, 1.54) is 4.90 Å². The van der Waals surface area contributed by atoms with Crippen LogP contribution in [0.1, 0.15) is 5.56 Å². The summed E-state index contributed by atoms with van der Waals surface area (Å²) in [5.74, 6) is 0.349. The molecule has 7 nitrogen and oxygen atoms in total. The van der Waals surface area contributed by atoms with Gasteiger partial charge in [0.15, 0.2) is 6.61 Å². The molecule has 0 radical (unpaired) electrons. The van der Waals surface area contributed by atoms with Gasteiger partial charge in [0.2, 0.25) is 0 Å². The number of likely N-dealkylation sites (N-methyl/N-ethyl adjacent to an activating group) is 1. The Hall–Kier alpha value is -2.58. The lowest BCUT2D eigenvalue weighted by Crippen LogP contribution is -2.35. The molecule has 1 amide bonds. The molecule has 2 aromatic carbocycles. The van der Waals surface area contributed by atoms with Crippen LogP contribution < -0.4 is 19.1 Å². The van der Waals surface area contributed by atoms with E-state index in [9.17, 15) is 13.2 Å². The van der Waals surface area contributed by atoms with Crippen molar-refractivity contribution in [1.29, 1.82) is 0 Å². The molecule has 1 aliphatic rings. The number of nitrogens with one attached hydrogen (secondary N) is 2. The van der Waals surface area contributed by atoms with E-state index in [1.807, 2.05) is 30.3 Å². The number of carbonyl (C=O) groups excluding carboxylic acids is 1. The second-order valence-corrected chi connectivity index (χ2v) is 6.84. The van der Waals surface area contributed by atoms with Crippen molar-refractivity contribution in [2.75, 3.05) is 23.3 Å². The third kappa shape index (κ3) is 3.66. The molecule has 0 aliphatic carbocycles. The minimum Gasteiger partial charge on any atom is -0.482 e. The Morgan fingerprint density at radius 2 is 1.92 bits per heavy atom. The second kappa shape index (κ2) is 6.50. The molecule has 2 aromatic rings. The van der Waals surface area contributed by atoms with Crippen molar-refractivity contribution in [3.05, 3.63) is 54.1 Å². The summed E-state index contributed by atoms with van der Waals surface area (Å²) in [6, 6.07) is 14.0. The Bertz CT molecular complexity index is 853. The van der Waals surface area contributed by atoms with Gasteiger partial charge in [0.05, 0.1) is 11.4 Å². The predicted octanol–water partition coefficient (Wildman–Crippen LogP) is 1.49. The lowest BCUT2D eigenvalue weighted by molar-refractivity contribution is -0.120. The number of amides is 1. The Balaban J connectivity index is 1.72. The second-order valence-electron chi connectivity index (χ2n) is 5.34. The maximum Gasteiger partial charge on any atom is 0.299 e. The van der Waals surface area contributed by atoms with Crippen molar-refractivity contribution >= 4 is 27.5 Å². The smallest absolute Gasteiger partial charge is 0.299 e. The molecule has 0 atom stereocenters. The molecule has 1 heterocycles. The Kier molecular flexibility index (Phi) is 4.41. The minimum atomic E-state index is -3.73. The van der Waals surface area contributed by atoms with E-state index >= 15 is 0 Å². The SMILES string of the molecule is CN1C(=O)COc2ccc(NS(=O)(=O)NCc3ccccc3)cc21. The Morgan fingerprint density at radius 3 is 2.67 bits per heavy atom. The highest BCUT2D eigenvalue weighted by molar-refractivity contribution is 7.90. The predicted molar refractivity (Wildman–Crippen MR) is 91.2 cm³/mol. The van der Waals surface area contributed by atoms with E-state index in [0.29, 0.717) is 17.1 Å². The molecule has 3 rings (SSSR count). The summed E-state index contributed by atoms with van der Waals surface area (Å²) < 4.78 is 34.5. The molecule has 0 aromatic heterocycles. The number of rotatable bonds is 5. The fourth-order valence-electron chi connectivity index (χ4n) is 2.30. The monoisotopic (exact) mass is 347 g/mol. The Labute approximate surface area is 140 Å². The maximum atomic E-state index is 12.2. The van der Waals surface area contributed by atoms with Crippen molar-refractivity contribution in [2.24, 2.45) is 0 Å². The molecule has 0 unspecified atom stereocenters. The van der Waals surface area contributed by atoms with Crippen LogP contribution in [0.5, 0.6) is 5.75 Å². The van der Waals surface area contributed by atoms with Gasteiger partial charge in [-0.3, -0.25) is 9.52 Å². The number of hydrogen-bond acceptors (Lipinski definition) is 4. The summed E-state index contributed by atoms with van der Waals surface area (Å²) in [4.78, 5) is 13.1. The highest BCUT2D eigenvalue weighted by Gasteiger charge is 2.23. The molecule has 0 saturated carbocycles. The van der Waals surface area contributed by atoms with Gasteiger partial charge in [-0.2, -0.15) is 13.1 Å². The van der Waals surface area contributed by atoms with Gasteiger partial charge >= 0.3 is 0 Å². The molecule has 0 spiro atoms. The third-order valence-corrected chi connectivity index (χ3v) is 4.64. The van der Waals surface area contributed by atoms with Crippen molar-refractivity contribution in [1.82, 2.24) is 4.72 Å². The first kappa shape index (κ1) is 16.3. The van der Waals surface area contributed by atoms with Crippen LogP contribution in [0, 0.1) is 0 Å². The molecule has 0 bridgehead atoms. The summed E-state index contributed by atoms with van der Waals surface area (Å²) in [7, 11) is -2.11. The average molecular weight is 347 g/mol. The first-order valence-corrected chi connectivity index (χ1v) is 8.78. The summed E-state index contributed by atoms with van der Waals surface area (Å²) in [6.07, 6.45) is 0. The third-order valence-electron chi connectivity index (χ3n) is 3.61.